The van der Waals surface area contributed by atoms with E-state index in [1.165, 1.54) is 24.3 Å². The average Bonchev–Trinajstić information content (AvgIpc) is 3.19. The third-order valence-corrected chi connectivity index (χ3v) is 6.63. The molecule has 2 aliphatic heterocycles. The van der Waals surface area contributed by atoms with Crippen LogP contribution >= 0.6 is 23.1 Å². The molecule has 1 saturated heterocycles. The number of anilines is 1. The lowest BCUT2D eigenvalue weighted by Gasteiger charge is -2.49. The van der Waals surface area contributed by atoms with Crippen LogP contribution in [0.2, 0.25) is 0 Å². The monoisotopic (exact) mass is 499 g/mol. The number of oxime groups is 1. The molecule has 13 nitrogen and oxygen atoms in total. The number of β-lactam (4-membered cyclic amide) rings is 1. The SMILES string of the molecule is COCC1=C(C(=O)O)N2C(=O)C(NC(=O)C(=NOCCCC(=O)O)c3csc(N)n3)[C@@H]2SC1. The van der Waals surface area contributed by atoms with Gasteiger partial charge < -0.3 is 30.8 Å². The molecule has 0 aromatic carbocycles. The highest BCUT2D eigenvalue weighted by molar-refractivity contribution is 8.00. The van der Waals surface area contributed by atoms with Gasteiger partial charge in [0.25, 0.3) is 11.8 Å². The summed E-state index contributed by atoms with van der Waals surface area (Å²) in [4.78, 5) is 58.2. The zero-order valence-corrected chi connectivity index (χ0v) is 19.0. The molecule has 2 atom stereocenters. The van der Waals surface area contributed by atoms with E-state index in [9.17, 15) is 24.3 Å². The second kappa shape index (κ2) is 10.6. The van der Waals surface area contributed by atoms with Gasteiger partial charge in [0.05, 0.1) is 6.61 Å². The second-order valence-electron chi connectivity index (χ2n) is 6.89. The van der Waals surface area contributed by atoms with Crippen molar-refractivity contribution in [2.24, 2.45) is 5.16 Å². The maximum absolute atomic E-state index is 12.9. The summed E-state index contributed by atoms with van der Waals surface area (Å²) in [5.41, 5.74) is 5.86. The van der Waals surface area contributed by atoms with Crippen molar-refractivity contribution in [3.05, 3.63) is 22.3 Å². The van der Waals surface area contributed by atoms with Gasteiger partial charge in [-0.3, -0.25) is 19.3 Å². The van der Waals surface area contributed by atoms with Crippen LogP contribution in [0, 0.1) is 0 Å². The molecule has 178 valence electrons. The largest absolute Gasteiger partial charge is 0.481 e. The smallest absolute Gasteiger partial charge is 0.352 e. The molecule has 1 unspecified atom stereocenters. The van der Waals surface area contributed by atoms with Crippen LogP contribution in [0.25, 0.3) is 0 Å². The third-order valence-electron chi connectivity index (χ3n) is 4.62. The van der Waals surface area contributed by atoms with Crippen LogP contribution in [0.4, 0.5) is 5.13 Å². The van der Waals surface area contributed by atoms with Gasteiger partial charge in [0.1, 0.15) is 29.4 Å². The molecular formula is C18H21N5O8S2. The molecule has 0 saturated carbocycles. The Hall–Kier alpha value is -3.17. The Labute approximate surface area is 195 Å². The van der Waals surface area contributed by atoms with Crippen LogP contribution in [-0.4, -0.2) is 87.1 Å². The molecule has 1 aromatic rings. The van der Waals surface area contributed by atoms with Crippen LogP contribution < -0.4 is 11.1 Å². The number of thiazole rings is 1. The number of hydrogen-bond acceptors (Lipinski definition) is 11. The van der Waals surface area contributed by atoms with Gasteiger partial charge in [0.15, 0.2) is 10.8 Å². The Morgan fingerprint density at radius 1 is 1.39 bits per heavy atom. The molecule has 0 spiro atoms. The van der Waals surface area contributed by atoms with Crippen LogP contribution in [0.15, 0.2) is 21.8 Å². The van der Waals surface area contributed by atoms with E-state index in [1.807, 2.05) is 0 Å². The molecular weight excluding hydrogens is 478 g/mol. The van der Waals surface area contributed by atoms with Gasteiger partial charge in [-0.2, -0.15) is 0 Å². The maximum Gasteiger partial charge on any atom is 0.352 e. The van der Waals surface area contributed by atoms with Gasteiger partial charge in [0.2, 0.25) is 0 Å². The summed E-state index contributed by atoms with van der Waals surface area (Å²) in [5.74, 6) is -3.26. The molecule has 33 heavy (non-hydrogen) atoms. The molecule has 2 amide bonds. The minimum absolute atomic E-state index is 0.0493. The van der Waals surface area contributed by atoms with Crippen LogP contribution in [0.1, 0.15) is 18.5 Å². The van der Waals surface area contributed by atoms with E-state index in [0.29, 0.717) is 11.3 Å². The van der Waals surface area contributed by atoms with Crippen molar-refractivity contribution in [3.63, 3.8) is 0 Å². The van der Waals surface area contributed by atoms with Gasteiger partial charge in [-0.15, -0.1) is 23.1 Å². The molecule has 3 rings (SSSR count). The Morgan fingerprint density at radius 3 is 2.76 bits per heavy atom. The van der Waals surface area contributed by atoms with Crippen molar-refractivity contribution >= 4 is 57.7 Å². The number of hydrogen-bond donors (Lipinski definition) is 4. The molecule has 1 fully saturated rings. The molecule has 2 aliphatic rings. The number of nitrogens with one attached hydrogen (secondary N) is 1. The normalized spacial score (nSPS) is 20.2. The zero-order valence-electron chi connectivity index (χ0n) is 17.3. The quantitative estimate of drug-likeness (QED) is 0.135. The number of carboxylic acids is 2. The Kier molecular flexibility index (Phi) is 7.88. The van der Waals surface area contributed by atoms with E-state index >= 15 is 0 Å². The highest BCUT2D eigenvalue weighted by Gasteiger charge is 2.54. The maximum atomic E-state index is 12.9. The number of ether oxygens (including phenoxy) is 1. The lowest BCUT2D eigenvalue weighted by Crippen LogP contribution is -2.71. The summed E-state index contributed by atoms with van der Waals surface area (Å²) in [6, 6.07) is -0.978. The van der Waals surface area contributed by atoms with E-state index in [2.05, 4.69) is 15.5 Å². The molecule has 0 radical (unpaired) electrons. The van der Waals surface area contributed by atoms with Gasteiger partial charge in [-0.05, 0) is 12.0 Å². The highest BCUT2D eigenvalue weighted by atomic mass is 32.2. The number of aliphatic carboxylic acids is 2. The van der Waals surface area contributed by atoms with E-state index in [-0.39, 0.29) is 48.3 Å². The van der Waals surface area contributed by atoms with Gasteiger partial charge in [-0.25, -0.2) is 9.78 Å². The molecule has 3 heterocycles. The number of thioether (sulfide) groups is 1. The number of aromatic nitrogens is 1. The third kappa shape index (κ3) is 5.43. The number of carboxylic acid groups (broad SMARTS) is 2. The summed E-state index contributed by atoms with van der Waals surface area (Å²) < 4.78 is 5.03. The fraction of sp³-hybridized carbons (Fsp3) is 0.444. The minimum atomic E-state index is -1.25. The summed E-state index contributed by atoms with van der Waals surface area (Å²) in [6.45, 7) is 0.0236. The molecule has 15 heteroatoms. The number of fused-ring (bicyclic) bond motifs is 1. The van der Waals surface area contributed by atoms with E-state index < -0.39 is 35.2 Å². The number of methoxy groups -OCH3 is 1. The number of rotatable bonds is 11. The van der Waals surface area contributed by atoms with Crippen molar-refractivity contribution in [2.75, 3.05) is 31.8 Å². The number of nitrogen functional groups attached to an aromatic ring is 1. The first-order valence-corrected chi connectivity index (χ1v) is 11.5. The Bertz CT molecular complexity index is 1020. The van der Waals surface area contributed by atoms with Crippen LogP contribution in [0.5, 0.6) is 0 Å². The van der Waals surface area contributed by atoms with Crippen LogP contribution in [0.3, 0.4) is 0 Å². The number of carbonyl (C=O) groups is 4. The Balaban J connectivity index is 1.73. The highest BCUT2D eigenvalue weighted by Crippen LogP contribution is 2.40. The molecule has 1 aromatic heterocycles. The van der Waals surface area contributed by atoms with Gasteiger partial charge >= 0.3 is 11.9 Å². The minimum Gasteiger partial charge on any atom is -0.481 e. The predicted octanol–water partition coefficient (Wildman–Crippen LogP) is -0.304. The first-order valence-electron chi connectivity index (χ1n) is 9.57. The van der Waals surface area contributed by atoms with Crippen molar-refractivity contribution < 1.29 is 39.0 Å². The number of nitrogens with zero attached hydrogens (tertiary/aromatic N) is 3. The van der Waals surface area contributed by atoms with Crippen molar-refractivity contribution in [3.8, 4) is 0 Å². The summed E-state index contributed by atoms with van der Waals surface area (Å²) in [7, 11) is 1.43. The molecule has 0 aliphatic carbocycles. The van der Waals surface area contributed by atoms with Gasteiger partial charge in [0, 0.05) is 24.7 Å². The van der Waals surface area contributed by atoms with E-state index in [0.717, 1.165) is 16.2 Å². The number of nitrogens with two attached hydrogens (primary N) is 1. The van der Waals surface area contributed by atoms with E-state index in [1.54, 1.807) is 0 Å². The Morgan fingerprint density at radius 2 is 2.15 bits per heavy atom. The summed E-state index contributed by atoms with van der Waals surface area (Å²) in [5, 5.41) is 25.6. The lowest BCUT2D eigenvalue weighted by molar-refractivity contribution is -0.150. The van der Waals surface area contributed by atoms with E-state index in [4.69, 9.17) is 20.4 Å². The molecule has 0 bridgehead atoms. The van der Waals surface area contributed by atoms with Crippen molar-refractivity contribution in [1.82, 2.24) is 15.2 Å². The standard InChI is InChI=1S/C18H21N5O8S2/c1-30-5-8-6-32-16-12(15(27)23(16)13(8)17(28)29)21-14(26)11(9-7-33-18(19)20-9)22-31-4-2-3-10(24)25/h7,12,16H,2-6H2,1H3,(H2,19,20)(H,21,26)(H,24,25)(H,28,29)/t12?,16-/m0/s1. The fourth-order valence-corrected chi connectivity index (χ4v) is 5.05. The first kappa shape index (κ1) is 24.5. The second-order valence-corrected chi connectivity index (χ2v) is 8.89. The predicted molar refractivity (Wildman–Crippen MR) is 117 cm³/mol. The van der Waals surface area contributed by atoms with Crippen molar-refractivity contribution in [2.45, 2.75) is 24.3 Å². The topological polar surface area (TPSA) is 194 Å². The zero-order chi connectivity index (χ0) is 24.1. The summed E-state index contributed by atoms with van der Waals surface area (Å²) in [6.07, 6.45) is 0.0479. The number of carbonyl (C=O) groups excluding carboxylic acids is 2. The number of amides is 2. The van der Waals surface area contributed by atoms with Crippen molar-refractivity contribution in [1.29, 1.82) is 0 Å². The van der Waals surface area contributed by atoms with Crippen LogP contribution in [-0.2, 0) is 28.8 Å². The average molecular weight is 500 g/mol. The molecule has 5 N–H and O–H groups in total. The van der Waals surface area contributed by atoms with Gasteiger partial charge in [-0.1, -0.05) is 5.16 Å². The summed E-state index contributed by atoms with van der Waals surface area (Å²) >= 11 is 2.38. The lowest BCUT2D eigenvalue weighted by atomic mass is 10.0. The first-order chi connectivity index (χ1) is 15.7. The fourth-order valence-electron chi connectivity index (χ4n) is 3.18.